The first-order valence-corrected chi connectivity index (χ1v) is 10.6. The van der Waals surface area contributed by atoms with Crippen molar-refractivity contribution in [1.29, 1.82) is 0 Å². The molecular formula is C19H21BrCl2N2O3S. The molecule has 2 aromatic rings. The Hall–Kier alpha value is -1.12. The monoisotopic (exact) mass is 506 g/mol. The number of nitrogens with zero attached hydrogens (tertiary/aromatic N) is 1. The summed E-state index contributed by atoms with van der Waals surface area (Å²) in [4.78, 5) is 28.6. The van der Waals surface area contributed by atoms with E-state index in [1.54, 1.807) is 18.2 Å². The number of ether oxygens (including phenoxy) is 1. The van der Waals surface area contributed by atoms with Crippen LogP contribution >= 0.6 is 51.3 Å². The second-order valence-electron chi connectivity index (χ2n) is 6.30. The first-order valence-electron chi connectivity index (χ1n) is 8.66. The molecule has 1 aromatic heterocycles. The average Bonchev–Trinajstić information content (AvgIpc) is 3.00. The summed E-state index contributed by atoms with van der Waals surface area (Å²) in [7, 11) is 1.36. The maximum absolute atomic E-state index is 12.8. The lowest BCUT2D eigenvalue weighted by Crippen LogP contribution is -2.30. The molecule has 0 bridgehead atoms. The first-order chi connectivity index (χ1) is 12.9. The van der Waals surface area contributed by atoms with Gasteiger partial charge in [-0.15, -0.1) is 23.7 Å². The van der Waals surface area contributed by atoms with Crippen molar-refractivity contribution < 1.29 is 14.3 Å². The number of hydrogen-bond acceptors (Lipinski definition) is 5. The maximum atomic E-state index is 12.8. The van der Waals surface area contributed by atoms with E-state index in [2.05, 4.69) is 33.1 Å². The predicted octanol–water partition coefficient (Wildman–Crippen LogP) is 5.39. The van der Waals surface area contributed by atoms with E-state index >= 15 is 0 Å². The summed E-state index contributed by atoms with van der Waals surface area (Å²) < 4.78 is 5.73. The van der Waals surface area contributed by atoms with Crippen molar-refractivity contribution in [2.24, 2.45) is 0 Å². The van der Waals surface area contributed by atoms with Gasteiger partial charge in [0, 0.05) is 22.4 Å². The van der Waals surface area contributed by atoms with Crippen LogP contribution in [-0.2, 0) is 17.7 Å². The minimum atomic E-state index is -0.424. The van der Waals surface area contributed by atoms with Crippen LogP contribution in [0.2, 0.25) is 5.02 Å². The zero-order valence-corrected chi connectivity index (χ0v) is 19.5. The molecule has 28 heavy (non-hydrogen) atoms. The topological polar surface area (TPSA) is 58.6 Å². The molecule has 2 heterocycles. The highest BCUT2D eigenvalue weighted by molar-refractivity contribution is 9.10. The van der Waals surface area contributed by atoms with E-state index in [9.17, 15) is 9.59 Å². The van der Waals surface area contributed by atoms with E-state index in [-0.39, 0.29) is 18.3 Å². The SMILES string of the molecule is CCCN1CCc2c(sc(NC(=O)c3cc(Br)ccc3Cl)c2C(=O)OC)C1.Cl. The summed E-state index contributed by atoms with van der Waals surface area (Å²) in [5.41, 5.74) is 1.80. The molecule has 0 fully saturated rings. The number of hydrogen-bond donors (Lipinski definition) is 1. The van der Waals surface area contributed by atoms with Crippen LogP contribution in [0.25, 0.3) is 0 Å². The Morgan fingerprint density at radius 3 is 2.82 bits per heavy atom. The lowest BCUT2D eigenvalue weighted by Gasteiger charge is -2.26. The van der Waals surface area contributed by atoms with E-state index in [4.69, 9.17) is 16.3 Å². The van der Waals surface area contributed by atoms with Gasteiger partial charge in [-0.25, -0.2) is 4.79 Å². The number of benzene rings is 1. The number of carbonyl (C=O) groups is 2. The number of esters is 1. The van der Waals surface area contributed by atoms with E-state index in [0.717, 1.165) is 47.4 Å². The fourth-order valence-corrected chi connectivity index (χ4v) is 5.05. The van der Waals surface area contributed by atoms with Gasteiger partial charge in [0.2, 0.25) is 0 Å². The van der Waals surface area contributed by atoms with Crippen molar-refractivity contribution >= 4 is 68.2 Å². The van der Waals surface area contributed by atoms with Gasteiger partial charge in [0.1, 0.15) is 5.00 Å². The molecule has 1 aliphatic rings. The molecule has 1 N–H and O–H groups in total. The molecule has 3 rings (SSSR count). The van der Waals surface area contributed by atoms with Crippen molar-refractivity contribution in [2.75, 3.05) is 25.5 Å². The van der Waals surface area contributed by atoms with Gasteiger partial charge in [-0.05, 0) is 43.1 Å². The summed E-state index contributed by atoms with van der Waals surface area (Å²) in [6.07, 6.45) is 1.85. The van der Waals surface area contributed by atoms with E-state index in [1.807, 2.05) is 0 Å². The molecule has 1 aliphatic heterocycles. The van der Waals surface area contributed by atoms with Crippen molar-refractivity contribution in [1.82, 2.24) is 4.90 Å². The minimum Gasteiger partial charge on any atom is -0.465 e. The van der Waals surface area contributed by atoms with E-state index in [0.29, 0.717) is 21.2 Å². The summed E-state index contributed by atoms with van der Waals surface area (Å²) in [5.74, 6) is -0.775. The van der Waals surface area contributed by atoms with Gasteiger partial charge in [0.15, 0.2) is 0 Å². The van der Waals surface area contributed by atoms with E-state index < -0.39 is 5.97 Å². The summed E-state index contributed by atoms with van der Waals surface area (Å²) >= 11 is 11.0. The van der Waals surface area contributed by atoms with Crippen LogP contribution in [0.3, 0.4) is 0 Å². The minimum absolute atomic E-state index is 0. The number of anilines is 1. The molecule has 152 valence electrons. The van der Waals surface area contributed by atoms with Crippen molar-refractivity contribution in [2.45, 2.75) is 26.3 Å². The number of amides is 1. The van der Waals surface area contributed by atoms with Crippen LogP contribution in [0.4, 0.5) is 5.00 Å². The summed E-state index contributed by atoms with van der Waals surface area (Å²) in [6, 6.07) is 5.08. The molecule has 0 saturated heterocycles. The summed E-state index contributed by atoms with van der Waals surface area (Å²) in [6.45, 7) is 4.84. The number of thiophene rings is 1. The van der Waals surface area contributed by atoms with Gasteiger partial charge >= 0.3 is 5.97 Å². The second-order valence-corrected chi connectivity index (χ2v) is 8.73. The third kappa shape index (κ3) is 4.89. The third-order valence-corrected chi connectivity index (χ3v) is 6.42. The number of rotatable bonds is 5. The molecule has 0 atom stereocenters. The number of halogens is 3. The van der Waals surface area contributed by atoms with Gasteiger partial charge in [0.25, 0.3) is 5.91 Å². The smallest absolute Gasteiger partial charge is 0.341 e. The second kappa shape index (κ2) is 10.1. The van der Waals surface area contributed by atoms with Gasteiger partial charge in [0.05, 0.1) is 23.3 Å². The Labute approximate surface area is 187 Å². The highest BCUT2D eigenvalue weighted by Gasteiger charge is 2.29. The zero-order valence-electron chi connectivity index (χ0n) is 15.5. The van der Waals surface area contributed by atoms with Gasteiger partial charge in [-0.1, -0.05) is 34.5 Å². The largest absolute Gasteiger partial charge is 0.465 e. The average molecular weight is 508 g/mol. The molecule has 1 aromatic carbocycles. The fourth-order valence-electron chi connectivity index (χ4n) is 3.21. The molecule has 0 aliphatic carbocycles. The van der Waals surface area contributed by atoms with Crippen molar-refractivity contribution in [3.8, 4) is 0 Å². The fraction of sp³-hybridized carbons (Fsp3) is 0.368. The van der Waals surface area contributed by atoms with E-state index in [1.165, 1.54) is 18.4 Å². The van der Waals surface area contributed by atoms with Crippen molar-refractivity contribution in [3.05, 3.63) is 49.3 Å². The molecule has 1 amide bonds. The molecule has 0 saturated carbocycles. The highest BCUT2D eigenvalue weighted by atomic mass is 79.9. The normalized spacial score (nSPS) is 13.4. The number of fused-ring (bicyclic) bond motifs is 1. The first kappa shape index (κ1) is 23.2. The Bertz CT molecular complexity index is 888. The number of carbonyl (C=O) groups excluding carboxylic acids is 2. The van der Waals surface area contributed by atoms with Crippen LogP contribution in [-0.4, -0.2) is 37.0 Å². The molecule has 0 spiro atoms. The van der Waals surface area contributed by atoms with Gasteiger partial charge in [-0.3, -0.25) is 9.69 Å². The summed E-state index contributed by atoms with van der Waals surface area (Å²) in [5, 5.41) is 3.74. The Morgan fingerprint density at radius 1 is 1.39 bits per heavy atom. The zero-order chi connectivity index (χ0) is 19.6. The third-order valence-electron chi connectivity index (χ3n) is 4.47. The van der Waals surface area contributed by atoms with Gasteiger partial charge in [-0.2, -0.15) is 0 Å². The Balaban J connectivity index is 0.00000280. The molecular weight excluding hydrogens is 487 g/mol. The van der Waals surface area contributed by atoms with Crippen LogP contribution in [0.1, 0.15) is 44.5 Å². The predicted molar refractivity (Wildman–Crippen MR) is 119 cm³/mol. The van der Waals surface area contributed by atoms with Crippen LogP contribution < -0.4 is 5.32 Å². The highest BCUT2D eigenvalue weighted by Crippen LogP contribution is 2.38. The van der Waals surface area contributed by atoms with Crippen LogP contribution in [0.15, 0.2) is 22.7 Å². The Morgan fingerprint density at radius 2 is 2.14 bits per heavy atom. The lowest BCUT2D eigenvalue weighted by molar-refractivity contribution is 0.0600. The molecule has 0 unspecified atom stereocenters. The number of methoxy groups -OCH3 is 1. The molecule has 0 radical (unpaired) electrons. The Kier molecular flexibility index (Phi) is 8.33. The number of nitrogens with one attached hydrogen (secondary N) is 1. The van der Waals surface area contributed by atoms with Crippen LogP contribution in [0.5, 0.6) is 0 Å². The maximum Gasteiger partial charge on any atom is 0.341 e. The molecule has 5 nitrogen and oxygen atoms in total. The van der Waals surface area contributed by atoms with Crippen molar-refractivity contribution in [3.63, 3.8) is 0 Å². The molecule has 9 heteroatoms. The lowest BCUT2D eigenvalue weighted by atomic mass is 10.0. The van der Waals surface area contributed by atoms with Gasteiger partial charge < -0.3 is 10.1 Å². The standard InChI is InChI=1S/C19H20BrClN2O3S.ClH/c1-3-7-23-8-6-12-15(10-23)27-18(16(12)19(25)26-2)22-17(24)13-9-11(20)4-5-14(13)21;/h4-5,9H,3,6-8,10H2,1-2H3,(H,22,24);1H. The quantitative estimate of drug-likeness (QED) is 0.551. The van der Waals surface area contributed by atoms with Crippen LogP contribution in [0, 0.1) is 0 Å².